The Morgan fingerprint density at radius 3 is 3.00 bits per heavy atom. The molecule has 55 valence electrons. The number of anilines is 1. The molecule has 0 bridgehead atoms. The number of nitrogens with zero attached hydrogens (tertiary/aromatic N) is 4. The fourth-order valence-corrected chi connectivity index (χ4v) is 0.775. The number of nitrogen functional groups attached to an aromatic ring is 1. The Labute approximate surface area is 61.2 Å². The van der Waals surface area contributed by atoms with E-state index in [9.17, 15) is 4.39 Å². The molecule has 6 heteroatoms. The number of aliphatic imine (C=N–C) groups is 1. The zero-order chi connectivity index (χ0) is 7.84. The molecule has 0 fully saturated rings. The van der Waals surface area contributed by atoms with E-state index in [-0.39, 0.29) is 17.5 Å². The van der Waals surface area contributed by atoms with Crippen LogP contribution in [0.25, 0.3) is 0 Å². The van der Waals surface area contributed by atoms with Crippen molar-refractivity contribution >= 4 is 23.8 Å². The topological polar surface area (TPSA) is 78.3 Å². The van der Waals surface area contributed by atoms with Crippen LogP contribution in [-0.4, -0.2) is 16.3 Å². The first-order chi connectivity index (χ1) is 5.27. The van der Waals surface area contributed by atoms with Gasteiger partial charge in [-0.15, -0.1) is 0 Å². The highest BCUT2D eigenvalue weighted by Gasteiger charge is 2.16. The number of halogens is 1. The van der Waals surface area contributed by atoms with Gasteiger partial charge in [0.1, 0.15) is 6.34 Å². The highest BCUT2D eigenvalue weighted by atomic mass is 19.1. The van der Waals surface area contributed by atoms with Gasteiger partial charge in [0.25, 0.3) is 0 Å². The van der Waals surface area contributed by atoms with Crippen LogP contribution in [0.15, 0.2) is 4.99 Å². The monoisotopic (exact) mass is 152 g/mol. The fraction of sp³-hybridized carbons (Fsp3) is 0. The quantitative estimate of drug-likeness (QED) is 0.536. The van der Waals surface area contributed by atoms with Crippen molar-refractivity contribution in [3.05, 3.63) is 5.95 Å². The average Bonchev–Trinajstić information content (AvgIpc) is 2.34. The Bertz CT molecular complexity index is 334. The second-order valence-electron chi connectivity index (χ2n) is 1.92. The van der Waals surface area contributed by atoms with Gasteiger partial charge in [-0.1, -0.05) is 0 Å². The molecule has 1 radical (unpaired) electrons. The molecule has 0 amide bonds. The smallest absolute Gasteiger partial charge is 0.246 e. The van der Waals surface area contributed by atoms with Gasteiger partial charge in [-0.05, 0) is 0 Å². The minimum Gasteiger partial charge on any atom is -0.368 e. The van der Waals surface area contributed by atoms with Crippen LogP contribution in [0.2, 0.25) is 0 Å². The van der Waals surface area contributed by atoms with E-state index >= 15 is 0 Å². The van der Waals surface area contributed by atoms with Crippen molar-refractivity contribution in [2.45, 2.75) is 0 Å². The minimum atomic E-state index is -0.731. The normalized spacial score (nSPS) is 12.8. The van der Waals surface area contributed by atoms with Crippen molar-refractivity contribution in [3.8, 4) is 0 Å². The van der Waals surface area contributed by atoms with Crippen LogP contribution in [0.4, 0.5) is 21.8 Å². The first-order valence-corrected chi connectivity index (χ1v) is 2.84. The largest absolute Gasteiger partial charge is 0.368 e. The first-order valence-electron chi connectivity index (χ1n) is 2.84. The molecular formula is C5H3FN5. The van der Waals surface area contributed by atoms with Crippen LogP contribution in [0, 0.1) is 5.95 Å². The van der Waals surface area contributed by atoms with E-state index in [2.05, 4.69) is 20.3 Å². The van der Waals surface area contributed by atoms with Crippen LogP contribution in [-0.2, 0) is 0 Å². The van der Waals surface area contributed by atoms with Gasteiger partial charge in [-0.2, -0.15) is 14.4 Å². The molecule has 0 aliphatic carbocycles. The van der Waals surface area contributed by atoms with E-state index < -0.39 is 5.95 Å². The van der Waals surface area contributed by atoms with E-state index in [0.29, 0.717) is 0 Å². The molecule has 2 rings (SSSR count). The molecule has 2 heterocycles. The maximum Gasteiger partial charge on any atom is 0.246 e. The lowest BCUT2D eigenvalue weighted by atomic mass is 10.5. The summed E-state index contributed by atoms with van der Waals surface area (Å²) in [5.41, 5.74) is 5.21. The molecule has 0 unspecified atom stereocenters. The third-order valence-corrected chi connectivity index (χ3v) is 1.21. The van der Waals surface area contributed by atoms with E-state index in [1.807, 2.05) is 0 Å². The Morgan fingerprint density at radius 2 is 2.18 bits per heavy atom. The molecule has 0 saturated carbocycles. The first kappa shape index (κ1) is 6.02. The lowest BCUT2D eigenvalue weighted by Gasteiger charge is -1.96. The van der Waals surface area contributed by atoms with Crippen LogP contribution in [0.1, 0.15) is 0 Å². The summed E-state index contributed by atoms with van der Waals surface area (Å²) in [7, 11) is 0. The molecule has 0 saturated heterocycles. The molecule has 1 aromatic heterocycles. The molecule has 1 aliphatic rings. The summed E-state index contributed by atoms with van der Waals surface area (Å²) >= 11 is 0. The van der Waals surface area contributed by atoms with Crippen LogP contribution in [0.3, 0.4) is 0 Å². The SMILES string of the molecule is Nc1nc(F)c2c(n1)[N]C=N2. The maximum atomic E-state index is 12.7. The molecule has 0 aromatic carbocycles. The van der Waals surface area contributed by atoms with Crippen molar-refractivity contribution < 1.29 is 4.39 Å². The molecule has 2 N–H and O–H groups in total. The summed E-state index contributed by atoms with van der Waals surface area (Å²) in [6, 6.07) is 0. The van der Waals surface area contributed by atoms with Crippen LogP contribution < -0.4 is 11.1 Å². The summed E-state index contributed by atoms with van der Waals surface area (Å²) in [6.07, 6.45) is 1.21. The number of rotatable bonds is 0. The van der Waals surface area contributed by atoms with Crippen LogP contribution >= 0.6 is 0 Å². The lowest BCUT2D eigenvalue weighted by molar-refractivity contribution is 0.586. The summed E-state index contributed by atoms with van der Waals surface area (Å²) in [5, 5.41) is 3.66. The second-order valence-corrected chi connectivity index (χ2v) is 1.92. The second kappa shape index (κ2) is 1.88. The van der Waals surface area contributed by atoms with E-state index in [1.165, 1.54) is 6.34 Å². The third kappa shape index (κ3) is 0.794. The fourth-order valence-electron chi connectivity index (χ4n) is 0.775. The number of fused-ring (bicyclic) bond motifs is 1. The van der Waals surface area contributed by atoms with Gasteiger partial charge < -0.3 is 5.73 Å². The minimum absolute atomic E-state index is 0.0548. The van der Waals surface area contributed by atoms with Crippen molar-refractivity contribution in [2.24, 2.45) is 4.99 Å². The van der Waals surface area contributed by atoms with Gasteiger partial charge in [0.05, 0.1) is 0 Å². The number of nitrogens with two attached hydrogens (primary N) is 1. The molecule has 1 aromatic rings. The maximum absolute atomic E-state index is 12.7. The van der Waals surface area contributed by atoms with Gasteiger partial charge in [0.2, 0.25) is 11.9 Å². The van der Waals surface area contributed by atoms with E-state index in [0.717, 1.165) is 0 Å². The highest BCUT2D eigenvalue weighted by molar-refractivity contribution is 5.79. The Hall–Kier alpha value is -1.72. The van der Waals surface area contributed by atoms with Crippen molar-refractivity contribution in [1.29, 1.82) is 0 Å². The molecular weight excluding hydrogens is 149 g/mol. The molecule has 5 nitrogen and oxygen atoms in total. The summed E-state index contributed by atoms with van der Waals surface area (Å²) in [6.45, 7) is 0. The zero-order valence-corrected chi connectivity index (χ0v) is 5.32. The zero-order valence-electron chi connectivity index (χ0n) is 5.32. The van der Waals surface area contributed by atoms with E-state index in [1.54, 1.807) is 0 Å². The molecule has 11 heavy (non-hydrogen) atoms. The highest BCUT2D eigenvalue weighted by Crippen LogP contribution is 2.28. The third-order valence-electron chi connectivity index (χ3n) is 1.21. The molecule has 0 spiro atoms. The Kier molecular flexibility index (Phi) is 1.03. The van der Waals surface area contributed by atoms with E-state index in [4.69, 9.17) is 5.73 Å². The predicted molar refractivity (Wildman–Crippen MR) is 36.3 cm³/mol. The molecule has 1 aliphatic heterocycles. The Balaban J connectivity index is 2.67. The van der Waals surface area contributed by atoms with Gasteiger partial charge in [0, 0.05) is 0 Å². The number of hydrogen-bond acceptors (Lipinski definition) is 4. The standard InChI is InChI=1S/C5H3FN5/c6-3-2-4(9-1-8-2)11-5(7)10-3/h1H,(H2,7,10,11). The number of hydrogen-bond donors (Lipinski definition) is 1. The van der Waals surface area contributed by atoms with Gasteiger partial charge in [-0.3, -0.25) is 0 Å². The number of aromatic nitrogens is 2. The van der Waals surface area contributed by atoms with Gasteiger partial charge in [0.15, 0.2) is 11.5 Å². The van der Waals surface area contributed by atoms with Crippen molar-refractivity contribution in [2.75, 3.05) is 5.73 Å². The Morgan fingerprint density at radius 1 is 1.36 bits per heavy atom. The van der Waals surface area contributed by atoms with Crippen LogP contribution in [0.5, 0.6) is 0 Å². The predicted octanol–water partition coefficient (Wildman–Crippen LogP) is 0.107. The van der Waals surface area contributed by atoms with Gasteiger partial charge in [-0.25, -0.2) is 10.3 Å². The van der Waals surface area contributed by atoms with Crippen molar-refractivity contribution in [1.82, 2.24) is 15.3 Å². The van der Waals surface area contributed by atoms with Crippen molar-refractivity contribution in [3.63, 3.8) is 0 Å². The summed E-state index contributed by atoms with van der Waals surface area (Å²) < 4.78 is 12.7. The molecule has 0 atom stereocenters. The summed E-state index contributed by atoms with van der Waals surface area (Å²) in [4.78, 5) is 10.5. The average molecular weight is 152 g/mol. The van der Waals surface area contributed by atoms with Gasteiger partial charge >= 0.3 is 0 Å². The summed E-state index contributed by atoms with van der Waals surface area (Å²) in [5.74, 6) is -0.671. The lowest BCUT2D eigenvalue weighted by Crippen LogP contribution is -1.99.